The number of nitrogens with zero attached hydrogens (tertiary/aromatic N) is 1. The maximum absolute atomic E-state index is 10.4. The molecule has 0 aromatic carbocycles. The number of ether oxygens (including phenoxy) is 1. The zero-order valence-electron chi connectivity index (χ0n) is 9.95. The van der Waals surface area contributed by atoms with E-state index in [1.165, 1.54) is 0 Å². The third kappa shape index (κ3) is 1.35. The van der Waals surface area contributed by atoms with Gasteiger partial charge >= 0.3 is 0 Å². The third-order valence-electron chi connectivity index (χ3n) is 3.97. The second-order valence-corrected chi connectivity index (χ2v) is 5.97. The first-order chi connectivity index (χ1) is 6.71. The first-order valence-corrected chi connectivity index (χ1v) is 5.52. The molecule has 4 heteroatoms. The number of hydrogen-bond acceptors (Lipinski definition) is 4. The zero-order valence-corrected chi connectivity index (χ0v) is 9.95. The summed E-state index contributed by atoms with van der Waals surface area (Å²) in [6.45, 7) is 8.91. The molecule has 0 bridgehead atoms. The van der Waals surface area contributed by atoms with E-state index in [2.05, 4.69) is 0 Å². The van der Waals surface area contributed by atoms with E-state index in [0.29, 0.717) is 19.6 Å². The highest BCUT2D eigenvalue weighted by Crippen LogP contribution is 2.52. The predicted octanol–water partition coefficient (Wildman–Crippen LogP) is 0.534. The van der Waals surface area contributed by atoms with Gasteiger partial charge in [-0.25, -0.2) is 0 Å². The van der Waals surface area contributed by atoms with Gasteiger partial charge in [-0.2, -0.15) is 0 Å². The largest absolute Gasteiger partial charge is 0.378 e. The van der Waals surface area contributed by atoms with E-state index in [0.717, 1.165) is 0 Å². The number of aliphatic hydroxyl groups is 2. The maximum Gasteiger partial charge on any atom is 0.187 e. The summed E-state index contributed by atoms with van der Waals surface area (Å²) in [5.41, 5.74) is -0.716. The zero-order chi connectivity index (χ0) is 11.5. The Balaban J connectivity index is 2.32. The quantitative estimate of drug-likeness (QED) is 0.619. The predicted molar refractivity (Wildman–Crippen MR) is 56.1 cm³/mol. The van der Waals surface area contributed by atoms with E-state index in [1.807, 2.05) is 32.6 Å². The van der Waals surface area contributed by atoms with E-state index in [4.69, 9.17) is 4.74 Å². The van der Waals surface area contributed by atoms with Crippen LogP contribution in [0.25, 0.3) is 0 Å². The summed E-state index contributed by atoms with van der Waals surface area (Å²) in [5.74, 6) is -1.18. The van der Waals surface area contributed by atoms with Crippen LogP contribution in [-0.4, -0.2) is 45.8 Å². The van der Waals surface area contributed by atoms with Crippen molar-refractivity contribution in [2.24, 2.45) is 5.41 Å². The molecule has 2 fully saturated rings. The van der Waals surface area contributed by atoms with Crippen LogP contribution >= 0.6 is 0 Å². The molecule has 0 aliphatic carbocycles. The Labute approximate surface area is 90.8 Å². The standard InChI is InChI=1S/C11H21NO3/c1-9(2,3)12-7-11(14)10(4,8(12)13)5-6-15-11/h8,13-14H,5-7H2,1-4H3/t8-,10+,11+/m1/s1. The lowest BCUT2D eigenvalue weighted by Crippen LogP contribution is -2.48. The van der Waals surface area contributed by atoms with Crippen molar-refractivity contribution in [2.75, 3.05) is 13.2 Å². The van der Waals surface area contributed by atoms with Crippen LogP contribution in [0.4, 0.5) is 0 Å². The van der Waals surface area contributed by atoms with Gasteiger partial charge in [-0.15, -0.1) is 0 Å². The van der Waals surface area contributed by atoms with Crippen LogP contribution < -0.4 is 0 Å². The molecule has 0 radical (unpaired) electrons. The lowest BCUT2D eigenvalue weighted by Gasteiger charge is -2.37. The molecule has 2 aliphatic heterocycles. The van der Waals surface area contributed by atoms with E-state index in [-0.39, 0.29) is 5.54 Å². The highest BCUT2D eigenvalue weighted by atomic mass is 16.6. The average molecular weight is 215 g/mol. The van der Waals surface area contributed by atoms with Crippen molar-refractivity contribution in [3.63, 3.8) is 0 Å². The molecule has 2 heterocycles. The first kappa shape index (κ1) is 11.3. The molecule has 88 valence electrons. The Hall–Kier alpha value is -0.160. The number of aliphatic hydroxyl groups excluding tert-OH is 1. The van der Waals surface area contributed by atoms with Crippen LogP contribution in [0, 0.1) is 5.41 Å². The molecular weight excluding hydrogens is 194 g/mol. The Morgan fingerprint density at radius 3 is 2.47 bits per heavy atom. The Kier molecular flexibility index (Phi) is 2.22. The van der Waals surface area contributed by atoms with Crippen molar-refractivity contribution in [3.8, 4) is 0 Å². The van der Waals surface area contributed by atoms with Gasteiger partial charge in [0.1, 0.15) is 6.23 Å². The van der Waals surface area contributed by atoms with E-state index < -0.39 is 17.4 Å². The smallest absolute Gasteiger partial charge is 0.187 e. The minimum absolute atomic E-state index is 0.161. The van der Waals surface area contributed by atoms with Gasteiger partial charge < -0.3 is 14.9 Å². The Bertz CT molecular complexity index is 275. The molecule has 3 atom stereocenters. The lowest BCUT2D eigenvalue weighted by molar-refractivity contribution is -0.209. The number of rotatable bonds is 0. The van der Waals surface area contributed by atoms with Crippen molar-refractivity contribution in [2.45, 2.75) is 51.7 Å². The van der Waals surface area contributed by atoms with E-state index in [9.17, 15) is 10.2 Å². The molecule has 0 aromatic rings. The van der Waals surface area contributed by atoms with Crippen LogP contribution in [0.5, 0.6) is 0 Å². The SMILES string of the molecule is CC(C)(C)N1C[C@]2(O)OCC[C@@]2(C)[C@H]1O. The maximum atomic E-state index is 10.4. The summed E-state index contributed by atoms with van der Waals surface area (Å²) >= 11 is 0. The van der Waals surface area contributed by atoms with Gasteiger partial charge in [-0.05, 0) is 27.2 Å². The Morgan fingerprint density at radius 1 is 1.40 bits per heavy atom. The number of fused-ring (bicyclic) bond motifs is 1. The summed E-state index contributed by atoms with van der Waals surface area (Å²) in [6.07, 6.45) is 0.0713. The highest BCUT2D eigenvalue weighted by Gasteiger charge is 2.65. The number of hydrogen-bond donors (Lipinski definition) is 2. The first-order valence-electron chi connectivity index (χ1n) is 5.52. The van der Waals surface area contributed by atoms with Gasteiger partial charge in [0, 0.05) is 5.54 Å². The normalized spacial score (nSPS) is 47.2. The molecule has 0 spiro atoms. The van der Waals surface area contributed by atoms with Gasteiger partial charge in [-0.1, -0.05) is 6.92 Å². The molecule has 0 amide bonds. The van der Waals surface area contributed by atoms with Crippen molar-refractivity contribution < 1.29 is 14.9 Å². The van der Waals surface area contributed by atoms with Crippen LogP contribution in [0.3, 0.4) is 0 Å². The van der Waals surface area contributed by atoms with Crippen molar-refractivity contribution >= 4 is 0 Å². The lowest BCUT2D eigenvalue weighted by atomic mass is 9.81. The molecule has 4 nitrogen and oxygen atoms in total. The van der Waals surface area contributed by atoms with Crippen molar-refractivity contribution in [1.29, 1.82) is 0 Å². The second-order valence-electron chi connectivity index (χ2n) is 5.97. The van der Waals surface area contributed by atoms with Crippen LogP contribution in [0.15, 0.2) is 0 Å². The van der Waals surface area contributed by atoms with Gasteiger partial charge in [0.05, 0.1) is 18.6 Å². The van der Waals surface area contributed by atoms with Gasteiger partial charge in [0.15, 0.2) is 5.79 Å². The average Bonchev–Trinajstić information content (AvgIpc) is 2.46. The van der Waals surface area contributed by atoms with Gasteiger partial charge in [0.2, 0.25) is 0 Å². The topological polar surface area (TPSA) is 52.9 Å². The summed E-state index contributed by atoms with van der Waals surface area (Å²) in [7, 11) is 0. The molecule has 2 aliphatic rings. The van der Waals surface area contributed by atoms with Crippen LogP contribution in [-0.2, 0) is 4.74 Å². The van der Waals surface area contributed by atoms with Gasteiger partial charge in [-0.3, -0.25) is 4.90 Å². The molecule has 0 aromatic heterocycles. The van der Waals surface area contributed by atoms with Crippen molar-refractivity contribution in [1.82, 2.24) is 4.90 Å². The molecule has 2 rings (SSSR count). The van der Waals surface area contributed by atoms with E-state index in [1.54, 1.807) is 0 Å². The number of β-amino-alcohol motifs (C(OH)–C–C–N with tert-alkyl or cyclic N) is 1. The minimum atomic E-state index is -1.18. The van der Waals surface area contributed by atoms with Crippen molar-refractivity contribution in [3.05, 3.63) is 0 Å². The number of likely N-dealkylation sites (tertiary alicyclic amines) is 1. The van der Waals surface area contributed by atoms with Gasteiger partial charge in [0.25, 0.3) is 0 Å². The molecular formula is C11H21NO3. The summed E-state index contributed by atoms with van der Waals surface area (Å²) < 4.78 is 5.42. The summed E-state index contributed by atoms with van der Waals surface area (Å²) in [6, 6.07) is 0. The molecule has 2 N–H and O–H groups in total. The highest BCUT2D eigenvalue weighted by molar-refractivity contribution is 5.08. The molecule has 2 saturated heterocycles. The monoisotopic (exact) mass is 215 g/mol. The summed E-state index contributed by atoms with van der Waals surface area (Å²) in [4.78, 5) is 1.91. The Morgan fingerprint density at radius 2 is 2.00 bits per heavy atom. The fourth-order valence-corrected chi connectivity index (χ4v) is 2.61. The van der Waals surface area contributed by atoms with Crippen LogP contribution in [0.1, 0.15) is 34.1 Å². The minimum Gasteiger partial charge on any atom is -0.378 e. The molecule has 15 heavy (non-hydrogen) atoms. The fourth-order valence-electron chi connectivity index (χ4n) is 2.61. The molecule has 0 saturated carbocycles. The molecule has 0 unspecified atom stereocenters. The third-order valence-corrected chi connectivity index (χ3v) is 3.97. The summed E-state index contributed by atoms with van der Waals surface area (Å²) in [5, 5.41) is 20.7. The fraction of sp³-hybridized carbons (Fsp3) is 1.00. The van der Waals surface area contributed by atoms with E-state index >= 15 is 0 Å². The second kappa shape index (κ2) is 2.94. The van der Waals surface area contributed by atoms with Crippen LogP contribution in [0.2, 0.25) is 0 Å².